The maximum Gasteiger partial charge on any atom is 0.232 e. The monoisotopic (exact) mass is 209 g/mol. The molecule has 0 aliphatic rings. The van der Waals surface area contributed by atoms with E-state index in [4.69, 9.17) is 0 Å². The molecule has 0 aliphatic heterocycles. The van der Waals surface area contributed by atoms with E-state index < -0.39 is 0 Å². The zero-order valence-corrected chi connectivity index (χ0v) is 8.64. The largest absolute Gasteiger partial charge is 0.492 e. The summed E-state index contributed by atoms with van der Waals surface area (Å²) in [6.45, 7) is 2.06. The molecule has 0 aromatic carbocycles. The van der Waals surface area contributed by atoms with Gasteiger partial charge in [0.05, 0.1) is 11.2 Å². The van der Waals surface area contributed by atoms with Crippen molar-refractivity contribution in [3.63, 3.8) is 0 Å². The first-order chi connectivity index (χ1) is 6.81. The van der Waals surface area contributed by atoms with Gasteiger partial charge in [-0.25, -0.2) is 4.98 Å². The fraction of sp³-hybridized carbons (Fsp3) is 0.333. The minimum absolute atomic E-state index is 0.0925. The zero-order valence-electron chi connectivity index (χ0n) is 7.82. The molecular weight excluding hydrogens is 198 g/mol. The molecule has 2 aromatic heterocycles. The van der Waals surface area contributed by atoms with Crippen LogP contribution in [0.4, 0.5) is 0 Å². The molecule has 2 heterocycles. The Bertz CT molecular complexity index is 408. The maximum absolute atomic E-state index is 9.49. The Kier molecular flexibility index (Phi) is 2.49. The number of hydrogen-bond acceptors (Lipinski definition) is 4. The third-order valence-electron chi connectivity index (χ3n) is 1.93. The topological polar surface area (TPSA) is 61.8 Å². The van der Waals surface area contributed by atoms with Crippen molar-refractivity contribution in [3.8, 4) is 17.4 Å². The van der Waals surface area contributed by atoms with Crippen molar-refractivity contribution >= 4 is 11.3 Å². The lowest BCUT2D eigenvalue weighted by Gasteiger charge is -1.91. The van der Waals surface area contributed by atoms with Gasteiger partial charge in [0.25, 0.3) is 0 Å². The van der Waals surface area contributed by atoms with Crippen molar-refractivity contribution in [1.82, 2.24) is 15.0 Å². The molecule has 4 nitrogen and oxygen atoms in total. The molecule has 0 bridgehead atoms. The van der Waals surface area contributed by atoms with Gasteiger partial charge in [-0.05, 0) is 6.42 Å². The highest BCUT2D eigenvalue weighted by atomic mass is 32.1. The smallest absolute Gasteiger partial charge is 0.232 e. The van der Waals surface area contributed by atoms with Crippen LogP contribution in [0.1, 0.15) is 19.0 Å². The fourth-order valence-electron chi connectivity index (χ4n) is 1.28. The second-order valence-corrected chi connectivity index (χ2v) is 3.73. The van der Waals surface area contributed by atoms with Crippen LogP contribution >= 0.6 is 11.3 Å². The van der Waals surface area contributed by atoms with Crippen molar-refractivity contribution in [2.75, 3.05) is 0 Å². The predicted octanol–water partition coefficient (Wildman–Crippen LogP) is 2.19. The van der Waals surface area contributed by atoms with Crippen LogP contribution in [0.3, 0.4) is 0 Å². The molecule has 0 fully saturated rings. The fourth-order valence-corrected chi connectivity index (χ4v) is 1.81. The van der Waals surface area contributed by atoms with E-state index in [2.05, 4.69) is 21.9 Å². The predicted molar refractivity (Wildman–Crippen MR) is 55.4 cm³/mol. The Balaban J connectivity index is 2.33. The summed E-state index contributed by atoms with van der Waals surface area (Å²) in [7, 11) is 0. The van der Waals surface area contributed by atoms with Gasteiger partial charge in [0, 0.05) is 5.38 Å². The van der Waals surface area contributed by atoms with Crippen LogP contribution in [0.25, 0.3) is 11.5 Å². The second kappa shape index (κ2) is 3.79. The van der Waals surface area contributed by atoms with Crippen molar-refractivity contribution in [2.45, 2.75) is 19.8 Å². The lowest BCUT2D eigenvalue weighted by atomic mass is 10.3. The summed E-state index contributed by atoms with van der Waals surface area (Å²) in [5, 5.41) is 11.4. The third-order valence-corrected chi connectivity index (χ3v) is 2.52. The molecule has 0 atom stereocenters. The van der Waals surface area contributed by atoms with Crippen LogP contribution < -0.4 is 0 Å². The van der Waals surface area contributed by atoms with E-state index in [0.29, 0.717) is 5.82 Å². The number of aromatic amines is 1. The van der Waals surface area contributed by atoms with Crippen LogP contribution in [0.15, 0.2) is 10.9 Å². The van der Waals surface area contributed by atoms with Crippen LogP contribution in [0, 0.1) is 0 Å². The van der Waals surface area contributed by atoms with Crippen molar-refractivity contribution < 1.29 is 5.11 Å². The van der Waals surface area contributed by atoms with E-state index in [1.807, 2.05) is 5.38 Å². The molecule has 2 aromatic rings. The normalized spacial score (nSPS) is 10.6. The highest BCUT2D eigenvalue weighted by Crippen LogP contribution is 2.22. The van der Waals surface area contributed by atoms with Gasteiger partial charge < -0.3 is 10.1 Å². The van der Waals surface area contributed by atoms with E-state index in [0.717, 1.165) is 24.2 Å². The van der Waals surface area contributed by atoms with E-state index in [9.17, 15) is 5.11 Å². The average Bonchev–Trinajstić information content (AvgIpc) is 2.76. The number of nitrogens with one attached hydrogen (secondary N) is 1. The number of aromatic nitrogens is 3. The van der Waals surface area contributed by atoms with E-state index >= 15 is 0 Å². The molecule has 0 aliphatic carbocycles. The standard InChI is InChI=1S/C9H11N3OS/c1-2-3-6-9(13)12-8(11-6)7-4-14-5-10-7/h4-5,13H,2-3H2,1H3,(H,11,12). The highest BCUT2D eigenvalue weighted by molar-refractivity contribution is 7.07. The summed E-state index contributed by atoms with van der Waals surface area (Å²) < 4.78 is 0. The van der Waals surface area contributed by atoms with Crippen molar-refractivity contribution in [3.05, 3.63) is 16.6 Å². The average molecular weight is 209 g/mol. The number of imidazole rings is 1. The number of H-pyrrole nitrogens is 1. The van der Waals surface area contributed by atoms with Gasteiger partial charge in [0.15, 0.2) is 5.82 Å². The number of thiazole rings is 1. The van der Waals surface area contributed by atoms with E-state index in [1.54, 1.807) is 5.51 Å². The van der Waals surface area contributed by atoms with Gasteiger partial charge >= 0.3 is 0 Å². The molecule has 0 radical (unpaired) electrons. The lowest BCUT2D eigenvalue weighted by molar-refractivity contribution is 0.449. The number of aryl methyl sites for hydroxylation is 1. The van der Waals surface area contributed by atoms with E-state index in [1.165, 1.54) is 11.3 Å². The first-order valence-corrected chi connectivity index (χ1v) is 5.42. The lowest BCUT2D eigenvalue weighted by Crippen LogP contribution is -1.83. The minimum atomic E-state index is 0.0925. The summed E-state index contributed by atoms with van der Waals surface area (Å²) in [5.74, 6) is 0.738. The van der Waals surface area contributed by atoms with Crippen molar-refractivity contribution in [1.29, 1.82) is 0 Å². The summed E-state index contributed by atoms with van der Waals surface area (Å²) in [5.41, 5.74) is 3.32. The van der Waals surface area contributed by atoms with Crippen LogP contribution in [0.2, 0.25) is 0 Å². The molecule has 0 spiro atoms. The zero-order chi connectivity index (χ0) is 9.97. The number of aromatic hydroxyl groups is 1. The summed E-state index contributed by atoms with van der Waals surface area (Å²) in [6, 6.07) is 0. The van der Waals surface area contributed by atoms with Gasteiger partial charge in [-0.15, -0.1) is 11.3 Å². The third kappa shape index (κ3) is 1.63. The SMILES string of the molecule is CCCc1[nH]c(-c2cscn2)nc1O. The van der Waals surface area contributed by atoms with Gasteiger partial charge in [-0.2, -0.15) is 4.98 Å². The summed E-state index contributed by atoms with van der Waals surface area (Å²) >= 11 is 1.51. The molecule has 5 heteroatoms. The van der Waals surface area contributed by atoms with E-state index in [-0.39, 0.29) is 5.88 Å². The molecule has 0 unspecified atom stereocenters. The maximum atomic E-state index is 9.49. The summed E-state index contributed by atoms with van der Waals surface area (Å²) in [4.78, 5) is 11.2. The first kappa shape index (κ1) is 9.21. The van der Waals surface area contributed by atoms with Gasteiger partial charge in [0.2, 0.25) is 5.88 Å². The first-order valence-electron chi connectivity index (χ1n) is 4.47. The van der Waals surface area contributed by atoms with Crippen molar-refractivity contribution in [2.24, 2.45) is 0 Å². The molecule has 74 valence electrons. The number of hydrogen-bond donors (Lipinski definition) is 2. The Morgan fingerprint density at radius 3 is 3.07 bits per heavy atom. The quantitative estimate of drug-likeness (QED) is 0.814. The Labute approximate surface area is 85.7 Å². The number of nitrogens with zero attached hydrogens (tertiary/aromatic N) is 2. The molecule has 2 rings (SSSR count). The Morgan fingerprint density at radius 1 is 1.57 bits per heavy atom. The minimum Gasteiger partial charge on any atom is -0.492 e. The van der Waals surface area contributed by atoms with Gasteiger partial charge in [-0.1, -0.05) is 13.3 Å². The molecule has 14 heavy (non-hydrogen) atoms. The molecule has 0 saturated carbocycles. The molecule has 0 amide bonds. The second-order valence-electron chi connectivity index (χ2n) is 3.01. The van der Waals surface area contributed by atoms with Crippen LogP contribution in [-0.2, 0) is 6.42 Å². The highest BCUT2D eigenvalue weighted by Gasteiger charge is 2.10. The Morgan fingerprint density at radius 2 is 2.43 bits per heavy atom. The molecule has 2 N–H and O–H groups in total. The molecule has 0 saturated heterocycles. The number of rotatable bonds is 3. The van der Waals surface area contributed by atoms with Gasteiger partial charge in [0.1, 0.15) is 5.69 Å². The van der Waals surface area contributed by atoms with Gasteiger partial charge in [-0.3, -0.25) is 0 Å². The van der Waals surface area contributed by atoms with Crippen LogP contribution in [0.5, 0.6) is 5.88 Å². The van der Waals surface area contributed by atoms with Crippen LogP contribution in [-0.4, -0.2) is 20.1 Å². The Hall–Kier alpha value is -1.36. The summed E-state index contributed by atoms with van der Waals surface area (Å²) in [6.07, 6.45) is 1.79. The molecular formula is C9H11N3OS.